The fourth-order valence-corrected chi connectivity index (χ4v) is 2.15. The van der Waals surface area contributed by atoms with Crippen LogP contribution >= 0.6 is 0 Å². The van der Waals surface area contributed by atoms with Gasteiger partial charge in [-0.2, -0.15) is 0 Å². The summed E-state index contributed by atoms with van der Waals surface area (Å²) in [6, 6.07) is 2.67. The lowest BCUT2D eigenvalue weighted by Crippen LogP contribution is -2.43. The van der Waals surface area contributed by atoms with Crippen LogP contribution in [0.5, 0.6) is 0 Å². The lowest BCUT2D eigenvalue weighted by atomic mass is 10.2. The second-order valence-corrected chi connectivity index (χ2v) is 4.38. The normalized spacial score (nSPS) is 23.3. The van der Waals surface area contributed by atoms with Crippen LogP contribution in [0.15, 0.2) is 16.5 Å². The zero-order valence-electron chi connectivity index (χ0n) is 10.4. The number of hydrogen-bond donors (Lipinski definition) is 1. The van der Waals surface area contributed by atoms with E-state index in [1.54, 1.807) is 26.2 Å². The fourth-order valence-electron chi connectivity index (χ4n) is 2.15. The number of hydrogen-bond acceptors (Lipinski definition) is 4. The molecular weight excluding hydrogens is 236 g/mol. The molecule has 0 radical (unpaired) electrons. The molecule has 1 aliphatic heterocycles. The number of amides is 2. The van der Waals surface area contributed by atoms with E-state index in [0.29, 0.717) is 18.7 Å². The number of likely N-dealkylation sites (tertiary alicyclic amines) is 1. The third kappa shape index (κ3) is 2.24. The molecule has 0 aliphatic carbocycles. The van der Waals surface area contributed by atoms with E-state index in [9.17, 15) is 9.59 Å². The zero-order chi connectivity index (χ0) is 13.3. The number of primary amides is 1. The first-order valence-corrected chi connectivity index (χ1v) is 5.72. The van der Waals surface area contributed by atoms with Gasteiger partial charge >= 0.3 is 0 Å². The van der Waals surface area contributed by atoms with Crippen molar-refractivity contribution in [2.24, 2.45) is 5.73 Å². The molecule has 2 N–H and O–H groups in total. The second-order valence-electron chi connectivity index (χ2n) is 4.38. The number of nitrogens with two attached hydrogens (primary N) is 1. The third-order valence-corrected chi connectivity index (χ3v) is 3.14. The number of ether oxygens (including phenoxy) is 1. The van der Waals surface area contributed by atoms with Crippen LogP contribution in [-0.2, 0) is 9.53 Å². The van der Waals surface area contributed by atoms with Crippen molar-refractivity contribution >= 4 is 11.8 Å². The third-order valence-electron chi connectivity index (χ3n) is 3.14. The summed E-state index contributed by atoms with van der Waals surface area (Å²) in [5, 5.41) is 0. The largest absolute Gasteiger partial charge is 0.456 e. The van der Waals surface area contributed by atoms with E-state index in [1.807, 2.05) is 0 Å². The van der Waals surface area contributed by atoms with Gasteiger partial charge in [0, 0.05) is 20.1 Å². The van der Waals surface area contributed by atoms with E-state index < -0.39 is 11.9 Å². The number of aryl methyl sites for hydroxylation is 1. The Hall–Kier alpha value is -1.82. The average Bonchev–Trinajstić information content (AvgIpc) is 2.93. The van der Waals surface area contributed by atoms with E-state index >= 15 is 0 Å². The molecule has 2 atom stereocenters. The molecule has 1 aromatic heterocycles. The van der Waals surface area contributed by atoms with Crippen molar-refractivity contribution in [3.05, 3.63) is 23.7 Å². The fraction of sp³-hybridized carbons (Fsp3) is 0.500. The molecule has 1 aromatic rings. The highest BCUT2D eigenvalue weighted by atomic mass is 16.5. The summed E-state index contributed by atoms with van der Waals surface area (Å²) in [6.07, 6.45) is 0.263. The van der Waals surface area contributed by atoms with Gasteiger partial charge in [0.1, 0.15) is 11.8 Å². The van der Waals surface area contributed by atoms with Gasteiger partial charge < -0.3 is 19.8 Å². The van der Waals surface area contributed by atoms with Gasteiger partial charge in [-0.3, -0.25) is 9.59 Å². The molecule has 1 saturated heterocycles. The molecule has 0 bridgehead atoms. The van der Waals surface area contributed by atoms with E-state index in [-0.39, 0.29) is 17.8 Å². The predicted molar refractivity (Wildman–Crippen MR) is 62.9 cm³/mol. The SMILES string of the molecule is CO[C@H]1C[C@@H](C(N)=O)N(C(=O)c2ccc(C)o2)C1. The quantitative estimate of drug-likeness (QED) is 0.838. The van der Waals surface area contributed by atoms with Crippen molar-refractivity contribution in [3.8, 4) is 0 Å². The Kier molecular flexibility index (Phi) is 3.38. The molecule has 2 rings (SSSR count). The molecule has 18 heavy (non-hydrogen) atoms. The number of furan rings is 1. The first kappa shape index (κ1) is 12.6. The minimum Gasteiger partial charge on any atom is -0.456 e. The maximum atomic E-state index is 12.2. The van der Waals surface area contributed by atoms with E-state index in [0.717, 1.165) is 0 Å². The second kappa shape index (κ2) is 4.81. The van der Waals surface area contributed by atoms with Crippen molar-refractivity contribution in [3.63, 3.8) is 0 Å². The number of nitrogens with zero attached hydrogens (tertiary/aromatic N) is 1. The van der Waals surface area contributed by atoms with Crippen LogP contribution in [0.3, 0.4) is 0 Å². The molecule has 0 unspecified atom stereocenters. The van der Waals surface area contributed by atoms with E-state index in [4.69, 9.17) is 14.9 Å². The predicted octanol–water partition coefficient (Wildman–Crippen LogP) is 0.303. The van der Waals surface area contributed by atoms with Gasteiger partial charge in [-0.15, -0.1) is 0 Å². The maximum Gasteiger partial charge on any atom is 0.290 e. The van der Waals surface area contributed by atoms with Crippen LogP contribution in [0.25, 0.3) is 0 Å². The van der Waals surface area contributed by atoms with Crippen LogP contribution in [0, 0.1) is 6.92 Å². The molecule has 1 fully saturated rings. The summed E-state index contributed by atoms with van der Waals surface area (Å²) in [5.41, 5.74) is 5.31. The molecule has 98 valence electrons. The van der Waals surface area contributed by atoms with Gasteiger partial charge in [0.2, 0.25) is 5.91 Å². The smallest absolute Gasteiger partial charge is 0.290 e. The maximum absolute atomic E-state index is 12.2. The molecule has 6 heteroatoms. The standard InChI is InChI=1S/C12H16N2O4/c1-7-3-4-10(18-7)12(16)14-6-8(17-2)5-9(14)11(13)15/h3-4,8-9H,5-6H2,1-2H3,(H2,13,15)/t8-,9-/m0/s1. The zero-order valence-corrected chi connectivity index (χ0v) is 10.4. The Morgan fingerprint density at radius 2 is 2.22 bits per heavy atom. The molecule has 2 heterocycles. The van der Waals surface area contributed by atoms with Gasteiger partial charge in [-0.05, 0) is 19.1 Å². The highest BCUT2D eigenvalue weighted by Gasteiger charge is 2.39. The first-order valence-electron chi connectivity index (χ1n) is 5.72. The van der Waals surface area contributed by atoms with Gasteiger partial charge in [-0.1, -0.05) is 0 Å². The topological polar surface area (TPSA) is 85.8 Å². The molecule has 0 aromatic carbocycles. The van der Waals surface area contributed by atoms with Crippen LogP contribution in [-0.4, -0.2) is 42.5 Å². The van der Waals surface area contributed by atoms with Crippen molar-refractivity contribution in [1.29, 1.82) is 0 Å². The Morgan fingerprint density at radius 1 is 1.50 bits per heavy atom. The van der Waals surface area contributed by atoms with Crippen LogP contribution in [0.2, 0.25) is 0 Å². The molecule has 0 saturated carbocycles. The van der Waals surface area contributed by atoms with Gasteiger partial charge in [-0.25, -0.2) is 0 Å². The van der Waals surface area contributed by atoms with Crippen molar-refractivity contribution in [2.45, 2.75) is 25.5 Å². The lowest BCUT2D eigenvalue weighted by Gasteiger charge is -2.20. The van der Waals surface area contributed by atoms with Crippen molar-refractivity contribution < 1.29 is 18.7 Å². The van der Waals surface area contributed by atoms with Crippen LogP contribution in [0.1, 0.15) is 22.7 Å². The van der Waals surface area contributed by atoms with Gasteiger partial charge in [0.15, 0.2) is 5.76 Å². The van der Waals surface area contributed by atoms with Crippen molar-refractivity contribution in [2.75, 3.05) is 13.7 Å². The Balaban J connectivity index is 2.20. The summed E-state index contributed by atoms with van der Waals surface area (Å²) in [5.74, 6) is 0.0181. The number of rotatable bonds is 3. The number of carbonyl (C=O) groups is 2. The minimum absolute atomic E-state index is 0.164. The number of carbonyl (C=O) groups excluding carboxylic acids is 2. The highest BCUT2D eigenvalue weighted by molar-refractivity contribution is 5.95. The van der Waals surface area contributed by atoms with Crippen LogP contribution in [0.4, 0.5) is 0 Å². The molecular formula is C12H16N2O4. The Bertz CT molecular complexity index is 468. The molecule has 2 amide bonds. The Labute approximate surface area is 105 Å². The van der Waals surface area contributed by atoms with Crippen LogP contribution < -0.4 is 5.73 Å². The monoisotopic (exact) mass is 252 g/mol. The first-order chi connectivity index (χ1) is 8.52. The Morgan fingerprint density at radius 3 is 2.72 bits per heavy atom. The van der Waals surface area contributed by atoms with Gasteiger partial charge in [0.05, 0.1) is 6.10 Å². The van der Waals surface area contributed by atoms with Gasteiger partial charge in [0.25, 0.3) is 5.91 Å². The molecule has 0 spiro atoms. The lowest BCUT2D eigenvalue weighted by molar-refractivity contribution is -0.121. The highest BCUT2D eigenvalue weighted by Crippen LogP contribution is 2.22. The van der Waals surface area contributed by atoms with Crippen molar-refractivity contribution in [1.82, 2.24) is 4.90 Å². The average molecular weight is 252 g/mol. The van der Waals surface area contributed by atoms with E-state index in [1.165, 1.54) is 4.90 Å². The molecule has 1 aliphatic rings. The number of methoxy groups -OCH3 is 1. The molecule has 6 nitrogen and oxygen atoms in total. The summed E-state index contributed by atoms with van der Waals surface area (Å²) in [7, 11) is 1.55. The summed E-state index contributed by atoms with van der Waals surface area (Å²) >= 11 is 0. The summed E-state index contributed by atoms with van der Waals surface area (Å²) < 4.78 is 10.5. The summed E-state index contributed by atoms with van der Waals surface area (Å²) in [6.45, 7) is 2.10. The van der Waals surface area contributed by atoms with E-state index in [2.05, 4.69) is 0 Å². The minimum atomic E-state index is -0.632. The summed E-state index contributed by atoms with van der Waals surface area (Å²) in [4.78, 5) is 25.0.